The number of carbonyl (C=O) groups excluding carboxylic acids is 1. The smallest absolute Gasteiger partial charge is 0.339 e. The van der Waals surface area contributed by atoms with Gasteiger partial charge in [0.1, 0.15) is 0 Å². The lowest BCUT2D eigenvalue weighted by Crippen LogP contribution is -2.07. The van der Waals surface area contributed by atoms with Crippen LogP contribution < -0.4 is 5.73 Å². The zero-order valence-corrected chi connectivity index (χ0v) is 8.90. The molecule has 0 atom stereocenters. The molecule has 15 heavy (non-hydrogen) atoms. The molecular formula is C11H16N2O2. The van der Waals surface area contributed by atoms with E-state index in [-0.39, 0.29) is 5.97 Å². The standard InChI is InChI=1S/C11H16N2O2/c1-2-3-4-5-15-11(14)9-6-10(12)8-13-7-9/h6-8H,2-5,12H2,1H3. The lowest BCUT2D eigenvalue weighted by Gasteiger charge is -2.04. The first kappa shape index (κ1) is 11.5. The first-order valence-electron chi connectivity index (χ1n) is 5.11. The van der Waals surface area contributed by atoms with Crippen LogP contribution in [0.3, 0.4) is 0 Å². The molecule has 0 aliphatic rings. The molecule has 4 heteroatoms. The predicted octanol–water partition coefficient (Wildman–Crippen LogP) is 2.01. The van der Waals surface area contributed by atoms with Gasteiger partial charge in [-0.25, -0.2) is 4.79 Å². The first-order valence-corrected chi connectivity index (χ1v) is 5.11. The molecule has 0 amide bonds. The van der Waals surface area contributed by atoms with Crippen LogP contribution >= 0.6 is 0 Å². The Morgan fingerprint density at radius 1 is 1.47 bits per heavy atom. The molecule has 0 saturated heterocycles. The fourth-order valence-corrected chi connectivity index (χ4v) is 1.17. The van der Waals surface area contributed by atoms with Crippen LogP contribution in [-0.2, 0) is 4.74 Å². The quantitative estimate of drug-likeness (QED) is 0.593. The number of hydrogen-bond donors (Lipinski definition) is 1. The van der Waals surface area contributed by atoms with Gasteiger partial charge in [-0.2, -0.15) is 0 Å². The number of nitrogens with zero attached hydrogens (tertiary/aromatic N) is 1. The van der Waals surface area contributed by atoms with Gasteiger partial charge < -0.3 is 10.5 Å². The van der Waals surface area contributed by atoms with E-state index < -0.39 is 0 Å². The average Bonchev–Trinajstić information content (AvgIpc) is 2.24. The Hall–Kier alpha value is -1.58. The van der Waals surface area contributed by atoms with Crippen LogP contribution in [0.25, 0.3) is 0 Å². The van der Waals surface area contributed by atoms with Gasteiger partial charge in [0.15, 0.2) is 0 Å². The highest BCUT2D eigenvalue weighted by Crippen LogP contribution is 2.06. The zero-order chi connectivity index (χ0) is 11.1. The van der Waals surface area contributed by atoms with Crippen LogP contribution in [0.4, 0.5) is 5.69 Å². The van der Waals surface area contributed by atoms with Crippen LogP contribution in [-0.4, -0.2) is 17.6 Å². The molecule has 2 N–H and O–H groups in total. The Bertz CT molecular complexity index is 326. The Balaban J connectivity index is 2.40. The second-order valence-corrected chi connectivity index (χ2v) is 3.35. The summed E-state index contributed by atoms with van der Waals surface area (Å²) in [7, 11) is 0. The van der Waals surface area contributed by atoms with Crippen molar-refractivity contribution < 1.29 is 9.53 Å². The van der Waals surface area contributed by atoms with Crippen molar-refractivity contribution in [1.82, 2.24) is 4.98 Å². The van der Waals surface area contributed by atoms with Crippen LogP contribution in [0.15, 0.2) is 18.5 Å². The summed E-state index contributed by atoms with van der Waals surface area (Å²) in [6.45, 7) is 2.56. The second-order valence-electron chi connectivity index (χ2n) is 3.35. The molecule has 0 bridgehead atoms. The maximum Gasteiger partial charge on any atom is 0.339 e. The molecule has 1 heterocycles. The number of esters is 1. The van der Waals surface area contributed by atoms with Gasteiger partial charge in [0.25, 0.3) is 0 Å². The lowest BCUT2D eigenvalue weighted by molar-refractivity contribution is 0.0497. The molecule has 0 fully saturated rings. The lowest BCUT2D eigenvalue weighted by atomic mass is 10.2. The van der Waals surface area contributed by atoms with E-state index in [0.29, 0.717) is 17.9 Å². The highest BCUT2D eigenvalue weighted by molar-refractivity contribution is 5.89. The van der Waals surface area contributed by atoms with Crippen molar-refractivity contribution in [1.29, 1.82) is 0 Å². The van der Waals surface area contributed by atoms with Crippen LogP contribution in [0.5, 0.6) is 0 Å². The summed E-state index contributed by atoms with van der Waals surface area (Å²) in [5.41, 5.74) is 6.38. The number of aromatic nitrogens is 1. The minimum atomic E-state index is -0.356. The van der Waals surface area contributed by atoms with E-state index in [9.17, 15) is 4.79 Å². The van der Waals surface area contributed by atoms with Gasteiger partial charge >= 0.3 is 5.97 Å². The van der Waals surface area contributed by atoms with Gasteiger partial charge in [0.05, 0.1) is 17.9 Å². The van der Waals surface area contributed by atoms with Crippen LogP contribution in [0.2, 0.25) is 0 Å². The molecule has 82 valence electrons. The van der Waals surface area contributed by atoms with Gasteiger partial charge in [-0.15, -0.1) is 0 Å². The summed E-state index contributed by atoms with van der Waals surface area (Å²) < 4.78 is 5.05. The van der Waals surface area contributed by atoms with Crippen molar-refractivity contribution >= 4 is 11.7 Å². The van der Waals surface area contributed by atoms with Crippen molar-refractivity contribution in [3.8, 4) is 0 Å². The largest absolute Gasteiger partial charge is 0.462 e. The number of rotatable bonds is 5. The van der Waals surface area contributed by atoms with Crippen molar-refractivity contribution in [2.45, 2.75) is 26.2 Å². The van der Waals surface area contributed by atoms with Gasteiger partial charge in [0, 0.05) is 12.4 Å². The third kappa shape index (κ3) is 3.97. The maximum absolute atomic E-state index is 11.4. The number of anilines is 1. The van der Waals surface area contributed by atoms with E-state index in [1.165, 1.54) is 12.4 Å². The molecular weight excluding hydrogens is 192 g/mol. The van der Waals surface area contributed by atoms with Crippen LogP contribution in [0, 0.1) is 0 Å². The van der Waals surface area contributed by atoms with Crippen molar-refractivity contribution in [2.24, 2.45) is 0 Å². The van der Waals surface area contributed by atoms with Crippen molar-refractivity contribution in [2.75, 3.05) is 12.3 Å². The van der Waals surface area contributed by atoms with Crippen molar-refractivity contribution in [3.05, 3.63) is 24.0 Å². The van der Waals surface area contributed by atoms with E-state index in [4.69, 9.17) is 10.5 Å². The Kier molecular flexibility index (Phi) is 4.60. The molecule has 1 aromatic rings. The van der Waals surface area contributed by atoms with E-state index in [1.54, 1.807) is 6.07 Å². The third-order valence-electron chi connectivity index (χ3n) is 1.98. The minimum absolute atomic E-state index is 0.356. The summed E-state index contributed by atoms with van der Waals surface area (Å²) in [6.07, 6.45) is 6.03. The molecule has 0 aromatic carbocycles. The molecule has 4 nitrogen and oxygen atoms in total. The molecule has 0 aliphatic carbocycles. The Morgan fingerprint density at radius 3 is 2.93 bits per heavy atom. The van der Waals surface area contributed by atoms with E-state index in [0.717, 1.165) is 19.3 Å². The minimum Gasteiger partial charge on any atom is -0.462 e. The number of ether oxygens (including phenoxy) is 1. The van der Waals surface area contributed by atoms with E-state index in [2.05, 4.69) is 11.9 Å². The number of unbranched alkanes of at least 4 members (excludes halogenated alkanes) is 2. The molecule has 0 spiro atoms. The first-order chi connectivity index (χ1) is 7.24. The van der Waals surface area contributed by atoms with Gasteiger partial charge in [-0.05, 0) is 12.5 Å². The number of pyridine rings is 1. The van der Waals surface area contributed by atoms with Crippen molar-refractivity contribution in [3.63, 3.8) is 0 Å². The number of nitrogen functional groups attached to an aromatic ring is 1. The summed E-state index contributed by atoms with van der Waals surface area (Å²) in [4.78, 5) is 15.3. The zero-order valence-electron chi connectivity index (χ0n) is 8.90. The normalized spacial score (nSPS) is 9.93. The molecule has 0 radical (unpaired) electrons. The number of hydrogen-bond acceptors (Lipinski definition) is 4. The van der Waals surface area contributed by atoms with Gasteiger partial charge in [0.2, 0.25) is 0 Å². The number of carbonyl (C=O) groups is 1. The average molecular weight is 208 g/mol. The highest BCUT2D eigenvalue weighted by Gasteiger charge is 2.06. The van der Waals surface area contributed by atoms with E-state index >= 15 is 0 Å². The molecule has 0 saturated carbocycles. The molecule has 1 aromatic heterocycles. The Labute approximate surface area is 89.5 Å². The summed E-state index contributed by atoms with van der Waals surface area (Å²) in [6, 6.07) is 1.56. The van der Waals surface area contributed by atoms with Gasteiger partial charge in [-0.3, -0.25) is 4.98 Å². The molecule has 1 rings (SSSR count). The van der Waals surface area contributed by atoms with Crippen LogP contribution in [0.1, 0.15) is 36.5 Å². The number of nitrogens with two attached hydrogens (primary N) is 1. The highest BCUT2D eigenvalue weighted by atomic mass is 16.5. The second kappa shape index (κ2) is 6.01. The molecule has 0 unspecified atom stereocenters. The predicted molar refractivity (Wildman–Crippen MR) is 58.5 cm³/mol. The molecule has 0 aliphatic heterocycles. The van der Waals surface area contributed by atoms with E-state index in [1.807, 2.05) is 0 Å². The maximum atomic E-state index is 11.4. The third-order valence-corrected chi connectivity index (χ3v) is 1.98. The fourth-order valence-electron chi connectivity index (χ4n) is 1.17. The Morgan fingerprint density at radius 2 is 2.27 bits per heavy atom. The SMILES string of the molecule is CCCCCOC(=O)c1cncc(N)c1. The summed E-state index contributed by atoms with van der Waals surface area (Å²) in [5.74, 6) is -0.356. The van der Waals surface area contributed by atoms with Gasteiger partial charge in [-0.1, -0.05) is 19.8 Å². The topological polar surface area (TPSA) is 65.2 Å². The summed E-state index contributed by atoms with van der Waals surface area (Å²) in [5, 5.41) is 0. The fraction of sp³-hybridized carbons (Fsp3) is 0.455. The summed E-state index contributed by atoms with van der Waals surface area (Å²) >= 11 is 0. The monoisotopic (exact) mass is 208 g/mol.